The van der Waals surface area contributed by atoms with Gasteiger partial charge in [0, 0.05) is 37.8 Å². The van der Waals surface area contributed by atoms with Crippen molar-refractivity contribution < 1.29 is 13.6 Å². The molecule has 0 bridgehead atoms. The number of nitrogens with zero attached hydrogens (tertiary/aromatic N) is 1. The minimum absolute atomic E-state index is 0.233. The summed E-state index contributed by atoms with van der Waals surface area (Å²) in [6, 6.07) is 3.28. The molecule has 1 amide bonds. The van der Waals surface area contributed by atoms with Crippen LogP contribution in [-0.2, 0) is 4.79 Å². The maximum atomic E-state index is 12.9. The zero-order valence-electron chi connectivity index (χ0n) is 11.2. The summed E-state index contributed by atoms with van der Waals surface area (Å²) in [6.45, 7) is 2.24. The number of carbonyl (C=O) groups excluding carboxylic acids is 1. The fourth-order valence-electron chi connectivity index (χ4n) is 1.43. The van der Waals surface area contributed by atoms with Gasteiger partial charge in [-0.1, -0.05) is 0 Å². The van der Waals surface area contributed by atoms with E-state index >= 15 is 0 Å². The number of anilines is 1. The topological polar surface area (TPSA) is 44.4 Å². The monoisotopic (exact) mass is 271 g/mol. The number of nitrogens with one attached hydrogen (secondary N) is 2. The van der Waals surface area contributed by atoms with Gasteiger partial charge in [-0.25, -0.2) is 8.78 Å². The Kier molecular flexibility index (Phi) is 6.38. The van der Waals surface area contributed by atoms with Crippen molar-refractivity contribution in [1.29, 1.82) is 0 Å². The quantitative estimate of drug-likeness (QED) is 0.738. The maximum absolute atomic E-state index is 12.9. The third-order valence-corrected chi connectivity index (χ3v) is 2.47. The van der Waals surface area contributed by atoms with E-state index in [0.29, 0.717) is 6.54 Å². The third kappa shape index (κ3) is 6.26. The SMILES string of the molecule is CN(C)CCNCCC(=O)Nc1ccc(F)c(F)c1. The average molecular weight is 271 g/mol. The summed E-state index contributed by atoms with van der Waals surface area (Å²) in [4.78, 5) is 13.6. The number of hydrogen-bond donors (Lipinski definition) is 2. The van der Waals surface area contributed by atoms with Crippen LogP contribution in [0.15, 0.2) is 18.2 Å². The van der Waals surface area contributed by atoms with Gasteiger partial charge in [0.1, 0.15) is 0 Å². The molecule has 1 aromatic carbocycles. The molecule has 0 saturated heterocycles. The van der Waals surface area contributed by atoms with Gasteiger partial charge in [-0.15, -0.1) is 0 Å². The smallest absolute Gasteiger partial charge is 0.225 e. The van der Waals surface area contributed by atoms with Crippen molar-refractivity contribution in [3.8, 4) is 0 Å². The molecule has 0 aromatic heterocycles. The van der Waals surface area contributed by atoms with Crippen molar-refractivity contribution in [3.05, 3.63) is 29.8 Å². The van der Waals surface area contributed by atoms with Gasteiger partial charge in [-0.05, 0) is 26.2 Å². The lowest BCUT2D eigenvalue weighted by Gasteiger charge is -2.10. The van der Waals surface area contributed by atoms with Crippen LogP contribution < -0.4 is 10.6 Å². The highest BCUT2D eigenvalue weighted by molar-refractivity contribution is 5.90. The van der Waals surface area contributed by atoms with E-state index in [0.717, 1.165) is 25.2 Å². The molecule has 0 fully saturated rings. The lowest BCUT2D eigenvalue weighted by atomic mass is 10.3. The van der Waals surface area contributed by atoms with Crippen molar-refractivity contribution in [2.75, 3.05) is 39.0 Å². The summed E-state index contributed by atoms with van der Waals surface area (Å²) < 4.78 is 25.6. The van der Waals surface area contributed by atoms with Crippen molar-refractivity contribution in [2.45, 2.75) is 6.42 Å². The van der Waals surface area contributed by atoms with Crippen LogP contribution in [0.2, 0.25) is 0 Å². The van der Waals surface area contributed by atoms with Crippen molar-refractivity contribution in [3.63, 3.8) is 0 Å². The number of benzene rings is 1. The Morgan fingerprint density at radius 2 is 1.95 bits per heavy atom. The second kappa shape index (κ2) is 7.81. The molecular formula is C13H19F2N3O. The normalized spacial score (nSPS) is 10.8. The van der Waals surface area contributed by atoms with E-state index < -0.39 is 11.6 Å². The predicted molar refractivity (Wildman–Crippen MR) is 71.0 cm³/mol. The van der Waals surface area contributed by atoms with Crippen molar-refractivity contribution in [1.82, 2.24) is 10.2 Å². The van der Waals surface area contributed by atoms with Crippen LogP contribution in [0.1, 0.15) is 6.42 Å². The maximum Gasteiger partial charge on any atom is 0.225 e. The highest BCUT2D eigenvalue weighted by Gasteiger charge is 2.05. The summed E-state index contributed by atoms with van der Waals surface area (Å²) >= 11 is 0. The first-order valence-electron chi connectivity index (χ1n) is 6.09. The Morgan fingerprint density at radius 3 is 2.58 bits per heavy atom. The first-order valence-corrected chi connectivity index (χ1v) is 6.09. The largest absolute Gasteiger partial charge is 0.326 e. The molecule has 0 radical (unpaired) electrons. The molecule has 0 unspecified atom stereocenters. The fraction of sp³-hybridized carbons (Fsp3) is 0.462. The Labute approximate surface area is 111 Å². The third-order valence-electron chi connectivity index (χ3n) is 2.47. The van der Waals surface area contributed by atoms with Crippen LogP contribution in [0.3, 0.4) is 0 Å². The zero-order valence-corrected chi connectivity index (χ0v) is 11.2. The molecule has 6 heteroatoms. The van der Waals surface area contributed by atoms with Gasteiger partial charge in [0.05, 0.1) is 0 Å². The molecule has 0 heterocycles. The molecular weight excluding hydrogens is 252 g/mol. The van der Waals surface area contributed by atoms with Crippen LogP contribution in [0.4, 0.5) is 14.5 Å². The van der Waals surface area contributed by atoms with Gasteiger partial charge < -0.3 is 15.5 Å². The molecule has 0 saturated carbocycles. The van der Waals surface area contributed by atoms with Crippen LogP contribution in [0.5, 0.6) is 0 Å². The molecule has 4 nitrogen and oxygen atoms in total. The van der Waals surface area contributed by atoms with Gasteiger partial charge in [0.25, 0.3) is 0 Å². The zero-order chi connectivity index (χ0) is 14.3. The summed E-state index contributed by atoms with van der Waals surface area (Å²) in [7, 11) is 3.94. The van der Waals surface area contributed by atoms with E-state index in [9.17, 15) is 13.6 Å². The molecule has 106 valence electrons. The van der Waals surface area contributed by atoms with Gasteiger partial charge in [-0.3, -0.25) is 4.79 Å². The Hall–Kier alpha value is -1.53. The van der Waals surface area contributed by atoms with E-state index in [4.69, 9.17) is 0 Å². The Bertz CT molecular complexity index is 424. The van der Waals surface area contributed by atoms with E-state index in [1.54, 1.807) is 0 Å². The van der Waals surface area contributed by atoms with Crippen LogP contribution in [-0.4, -0.2) is 44.5 Å². The summed E-state index contributed by atoms with van der Waals surface area (Å²) in [6.07, 6.45) is 0.284. The number of hydrogen-bond acceptors (Lipinski definition) is 3. The predicted octanol–water partition coefficient (Wildman–Crippen LogP) is 1.44. The lowest BCUT2D eigenvalue weighted by molar-refractivity contribution is -0.116. The Morgan fingerprint density at radius 1 is 1.21 bits per heavy atom. The number of amides is 1. The average Bonchev–Trinajstić information content (AvgIpc) is 2.33. The standard InChI is InChI=1S/C13H19F2N3O/c1-18(2)8-7-16-6-5-13(19)17-10-3-4-11(14)12(15)9-10/h3-4,9,16H,5-8H2,1-2H3,(H,17,19). The van der Waals surface area contributed by atoms with Crippen molar-refractivity contribution >= 4 is 11.6 Å². The van der Waals surface area contributed by atoms with Crippen LogP contribution >= 0.6 is 0 Å². The molecule has 2 N–H and O–H groups in total. The van der Waals surface area contributed by atoms with E-state index in [-0.39, 0.29) is 18.0 Å². The van der Waals surface area contributed by atoms with Gasteiger partial charge >= 0.3 is 0 Å². The minimum Gasteiger partial charge on any atom is -0.326 e. The lowest BCUT2D eigenvalue weighted by Crippen LogP contribution is -2.29. The summed E-state index contributed by atoms with van der Waals surface area (Å²) in [5.74, 6) is -2.13. The van der Waals surface area contributed by atoms with E-state index in [2.05, 4.69) is 10.6 Å². The first kappa shape index (κ1) is 15.5. The van der Waals surface area contributed by atoms with Gasteiger partial charge in [-0.2, -0.15) is 0 Å². The van der Waals surface area contributed by atoms with Gasteiger partial charge in [0.2, 0.25) is 5.91 Å². The van der Waals surface area contributed by atoms with Crippen molar-refractivity contribution in [2.24, 2.45) is 0 Å². The van der Waals surface area contributed by atoms with E-state index in [1.165, 1.54) is 6.07 Å². The molecule has 1 aromatic rings. The summed E-state index contributed by atoms with van der Waals surface area (Å²) in [5.41, 5.74) is 0.261. The summed E-state index contributed by atoms with van der Waals surface area (Å²) in [5, 5.41) is 5.63. The molecule has 0 spiro atoms. The second-order valence-corrected chi connectivity index (χ2v) is 4.48. The van der Waals surface area contributed by atoms with E-state index in [1.807, 2.05) is 19.0 Å². The van der Waals surface area contributed by atoms with Crippen LogP contribution in [0.25, 0.3) is 0 Å². The number of halogens is 2. The first-order chi connectivity index (χ1) is 8.99. The second-order valence-electron chi connectivity index (χ2n) is 4.48. The fourth-order valence-corrected chi connectivity index (χ4v) is 1.43. The number of rotatable bonds is 7. The molecule has 0 atom stereocenters. The highest BCUT2D eigenvalue weighted by Crippen LogP contribution is 2.13. The minimum atomic E-state index is -0.970. The molecule has 0 aliphatic carbocycles. The number of likely N-dealkylation sites (N-methyl/N-ethyl adjacent to an activating group) is 1. The molecule has 0 aliphatic heterocycles. The molecule has 1 rings (SSSR count). The highest BCUT2D eigenvalue weighted by atomic mass is 19.2. The van der Waals surface area contributed by atoms with Gasteiger partial charge in [0.15, 0.2) is 11.6 Å². The Balaban J connectivity index is 2.25. The molecule has 19 heavy (non-hydrogen) atoms. The number of carbonyl (C=O) groups is 1. The van der Waals surface area contributed by atoms with Crippen LogP contribution in [0, 0.1) is 11.6 Å². The molecule has 0 aliphatic rings.